The average molecular weight is 382 g/mol. The van der Waals surface area contributed by atoms with E-state index >= 15 is 0 Å². The predicted molar refractivity (Wildman–Crippen MR) is 99.4 cm³/mol. The van der Waals surface area contributed by atoms with Crippen LogP contribution in [0.4, 0.5) is 5.69 Å². The molecule has 4 nitrogen and oxygen atoms in total. The number of nitrogens with zero attached hydrogens (tertiary/aromatic N) is 1. The Morgan fingerprint density at radius 2 is 1.76 bits per heavy atom. The van der Waals surface area contributed by atoms with Gasteiger partial charge in [-0.3, -0.25) is 9.59 Å². The van der Waals surface area contributed by atoms with E-state index in [-0.39, 0.29) is 29.4 Å². The molecule has 0 radical (unpaired) electrons. The number of carbonyl (C=O) groups is 2. The highest BCUT2D eigenvalue weighted by atomic mass is 35.5. The normalized spacial score (nSPS) is 18.9. The summed E-state index contributed by atoms with van der Waals surface area (Å²) in [5.74, 6) is -0.133. The number of ether oxygens (including phenoxy) is 1. The van der Waals surface area contributed by atoms with Crippen LogP contribution in [0.2, 0.25) is 10.0 Å². The minimum Gasteiger partial charge on any atom is -0.489 e. The van der Waals surface area contributed by atoms with Crippen LogP contribution in [0.15, 0.2) is 23.3 Å². The van der Waals surface area contributed by atoms with Gasteiger partial charge in [0, 0.05) is 11.6 Å². The molecule has 1 aliphatic heterocycles. The van der Waals surface area contributed by atoms with E-state index in [2.05, 4.69) is 0 Å². The van der Waals surface area contributed by atoms with Crippen LogP contribution < -0.4 is 9.64 Å². The number of benzene rings is 1. The van der Waals surface area contributed by atoms with Crippen molar-refractivity contribution in [3.8, 4) is 5.75 Å². The highest BCUT2D eigenvalue weighted by molar-refractivity contribution is 6.39. The summed E-state index contributed by atoms with van der Waals surface area (Å²) in [4.78, 5) is 26.1. The highest BCUT2D eigenvalue weighted by Gasteiger charge is 2.37. The average Bonchev–Trinajstić information content (AvgIpc) is 2.86. The third kappa shape index (κ3) is 3.70. The summed E-state index contributed by atoms with van der Waals surface area (Å²) in [6.45, 7) is 3.65. The van der Waals surface area contributed by atoms with Gasteiger partial charge in [-0.25, -0.2) is 4.90 Å². The van der Waals surface area contributed by atoms with Crippen molar-refractivity contribution >= 4 is 40.7 Å². The first-order valence-corrected chi connectivity index (χ1v) is 9.33. The Balaban J connectivity index is 1.94. The van der Waals surface area contributed by atoms with Crippen molar-refractivity contribution in [1.29, 1.82) is 0 Å². The Morgan fingerprint density at radius 1 is 1.08 bits per heavy atom. The SMILES string of the molecule is CC(C)=C1CC(=O)N(c2cc(OC3CCCCC3)c(Cl)cc2Cl)C1=O. The lowest BCUT2D eigenvalue weighted by atomic mass is 9.98. The zero-order valence-electron chi connectivity index (χ0n) is 14.4. The minimum absolute atomic E-state index is 0.0962. The summed E-state index contributed by atoms with van der Waals surface area (Å²) in [5.41, 5.74) is 1.69. The summed E-state index contributed by atoms with van der Waals surface area (Å²) < 4.78 is 6.03. The molecule has 2 aliphatic rings. The molecule has 1 saturated carbocycles. The van der Waals surface area contributed by atoms with E-state index in [0.29, 0.717) is 22.0 Å². The van der Waals surface area contributed by atoms with Gasteiger partial charge in [0.05, 0.1) is 28.3 Å². The lowest BCUT2D eigenvalue weighted by Crippen LogP contribution is -2.29. The highest BCUT2D eigenvalue weighted by Crippen LogP contribution is 2.40. The molecule has 6 heteroatoms. The van der Waals surface area contributed by atoms with E-state index < -0.39 is 0 Å². The molecule has 2 fully saturated rings. The van der Waals surface area contributed by atoms with Gasteiger partial charge >= 0.3 is 0 Å². The van der Waals surface area contributed by atoms with Crippen molar-refractivity contribution in [3.05, 3.63) is 33.3 Å². The Hall–Kier alpha value is -1.52. The maximum absolute atomic E-state index is 12.6. The smallest absolute Gasteiger partial charge is 0.261 e. The second-order valence-electron chi connectivity index (χ2n) is 6.80. The number of amides is 2. The summed E-state index contributed by atoms with van der Waals surface area (Å²) in [6.07, 6.45) is 5.67. The van der Waals surface area contributed by atoms with Crippen molar-refractivity contribution in [2.24, 2.45) is 0 Å². The molecule has 1 aromatic rings. The van der Waals surface area contributed by atoms with E-state index in [1.54, 1.807) is 6.07 Å². The maximum Gasteiger partial charge on any atom is 0.261 e. The van der Waals surface area contributed by atoms with Crippen LogP contribution in [-0.4, -0.2) is 17.9 Å². The number of hydrogen-bond donors (Lipinski definition) is 0. The standard InChI is InChI=1S/C19H21Cl2NO3/c1-11(2)13-8-18(23)22(19(13)24)16-10-17(15(21)9-14(16)20)25-12-6-4-3-5-7-12/h9-10,12H,3-8H2,1-2H3. The number of halogens is 2. The Kier molecular flexibility index (Phi) is 5.40. The molecule has 0 atom stereocenters. The molecule has 0 bridgehead atoms. The van der Waals surface area contributed by atoms with Gasteiger partial charge < -0.3 is 4.74 Å². The minimum atomic E-state index is -0.321. The summed E-state index contributed by atoms with van der Waals surface area (Å²) >= 11 is 12.6. The molecule has 0 unspecified atom stereocenters. The number of rotatable bonds is 3. The van der Waals surface area contributed by atoms with Crippen molar-refractivity contribution in [2.45, 2.75) is 58.5 Å². The largest absolute Gasteiger partial charge is 0.489 e. The molecule has 25 heavy (non-hydrogen) atoms. The molecule has 2 amide bonds. The zero-order valence-corrected chi connectivity index (χ0v) is 15.9. The van der Waals surface area contributed by atoms with E-state index in [4.69, 9.17) is 27.9 Å². The number of hydrogen-bond acceptors (Lipinski definition) is 3. The second kappa shape index (κ2) is 7.38. The molecule has 134 valence electrons. The van der Waals surface area contributed by atoms with Crippen LogP contribution in [0.1, 0.15) is 52.4 Å². The predicted octanol–water partition coefficient (Wildman–Crippen LogP) is 5.30. The van der Waals surface area contributed by atoms with Gasteiger partial charge in [0.15, 0.2) is 0 Å². The van der Waals surface area contributed by atoms with Crippen molar-refractivity contribution < 1.29 is 14.3 Å². The first-order chi connectivity index (χ1) is 11.9. The van der Waals surface area contributed by atoms with Gasteiger partial charge in [-0.05, 0) is 45.6 Å². The van der Waals surface area contributed by atoms with Gasteiger partial charge in [-0.2, -0.15) is 0 Å². The second-order valence-corrected chi connectivity index (χ2v) is 7.62. The quantitative estimate of drug-likeness (QED) is 0.526. The van der Waals surface area contributed by atoms with Gasteiger partial charge in [-0.1, -0.05) is 35.2 Å². The van der Waals surface area contributed by atoms with Crippen molar-refractivity contribution in [1.82, 2.24) is 0 Å². The van der Waals surface area contributed by atoms with Crippen LogP contribution >= 0.6 is 23.2 Å². The molecule has 1 aliphatic carbocycles. The van der Waals surface area contributed by atoms with E-state index in [0.717, 1.165) is 36.2 Å². The summed E-state index contributed by atoms with van der Waals surface area (Å²) in [5, 5.41) is 0.651. The lowest BCUT2D eigenvalue weighted by molar-refractivity contribution is -0.120. The zero-order chi connectivity index (χ0) is 18.1. The molecule has 0 N–H and O–H groups in total. The molecule has 1 heterocycles. The third-order valence-electron chi connectivity index (χ3n) is 4.73. The topological polar surface area (TPSA) is 46.6 Å². The van der Waals surface area contributed by atoms with Crippen LogP contribution in [0.3, 0.4) is 0 Å². The summed E-state index contributed by atoms with van der Waals surface area (Å²) in [6, 6.07) is 3.15. The Morgan fingerprint density at radius 3 is 2.36 bits per heavy atom. The number of carbonyl (C=O) groups excluding carboxylic acids is 2. The molecule has 1 aromatic carbocycles. The number of imide groups is 1. The van der Waals surface area contributed by atoms with Crippen LogP contribution in [-0.2, 0) is 9.59 Å². The Labute approximate surface area is 157 Å². The van der Waals surface area contributed by atoms with Gasteiger partial charge in [0.25, 0.3) is 5.91 Å². The van der Waals surface area contributed by atoms with Crippen LogP contribution in [0, 0.1) is 0 Å². The van der Waals surface area contributed by atoms with Crippen LogP contribution in [0.25, 0.3) is 0 Å². The van der Waals surface area contributed by atoms with Gasteiger partial charge in [0.2, 0.25) is 5.91 Å². The molecule has 1 saturated heterocycles. The fourth-order valence-electron chi connectivity index (χ4n) is 3.33. The fraction of sp³-hybridized carbons (Fsp3) is 0.474. The lowest BCUT2D eigenvalue weighted by Gasteiger charge is -2.25. The molecule has 3 rings (SSSR count). The Bertz CT molecular complexity index is 747. The summed E-state index contributed by atoms with van der Waals surface area (Å²) in [7, 11) is 0. The molecule has 0 spiro atoms. The van der Waals surface area contributed by atoms with Gasteiger partial charge in [-0.15, -0.1) is 0 Å². The van der Waals surface area contributed by atoms with E-state index in [1.807, 2.05) is 13.8 Å². The van der Waals surface area contributed by atoms with Crippen molar-refractivity contribution in [3.63, 3.8) is 0 Å². The first-order valence-electron chi connectivity index (χ1n) is 8.58. The maximum atomic E-state index is 12.6. The van der Waals surface area contributed by atoms with E-state index in [9.17, 15) is 9.59 Å². The first kappa shape index (κ1) is 18.3. The van der Waals surface area contributed by atoms with Crippen molar-refractivity contribution in [2.75, 3.05) is 4.90 Å². The molecular weight excluding hydrogens is 361 g/mol. The fourth-order valence-corrected chi connectivity index (χ4v) is 3.84. The molecule has 0 aromatic heterocycles. The number of anilines is 1. The van der Waals surface area contributed by atoms with Crippen LogP contribution in [0.5, 0.6) is 5.75 Å². The third-order valence-corrected chi connectivity index (χ3v) is 5.33. The number of allylic oxidation sites excluding steroid dienone is 1. The molecular formula is C19H21Cl2NO3. The van der Waals surface area contributed by atoms with Gasteiger partial charge in [0.1, 0.15) is 5.75 Å². The van der Waals surface area contributed by atoms with E-state index in [1.165, 1.54) is 12.5 Å². The monoisotopic (exact) mass is 381 g/mol.